The van der Waals surface area contributed by atoms with Crippen LogP contribution in [-0.2, 0) is 0 Å². The van der Waals surface area contributed by atoms with Crippen molar-refractivity contribution in [1.82, 2.24) is 5.32 Å². The van der Waals surface area contributed by atoms with Gasteiger partial charge in [0, 0.05) is 12.1 Å². The number of rotatable bonds is 2. The third-order valence-corrected chi connectivity index (χ3v) is 1.55. The fraction of sp³-hybridized carbons (Fsp3) is 0.750. The molecule has 0 rings (SSSR count). The Hall–Kier alpha value is -0.220. The molecule has 0 aliphatic carbocycles. The second-order valence-corrected chi connectivity index (χ2v) is 4.09. The highest BCUT2D eigenvalue weighted by Crippen LogP contribution is 2.27. The summed E-state index contributed by atoms with van der Waals surface area (Å²) in [5.74, 6) is 0. The summed E-state index contributed by atoms with van der Waals surface area (Å²) in [6.45, 7) is 5.70. The second kappa shape index (κ2) is 4.33. The first kappa shape index (κ1) is 12.8. The van der Waals surface area contributed by atoms with Gasteiger partial charge in [-0.2, -0.15) is 13.2 Å². The maximum atomic E-state index is 11.8. The first-order valence-electron chi connectivity index (χ1n) is 3.81. The van der Waals surface area contributed by atoms with Crippen molar-refractivity contribution in [2.24, 2.45) is 0 Å². The Kier molecular flexibility index (Phi) is 4.26. The van der Waals surface area contributed by atoms with Crippen LogP contribution in [0.3, 0.4) is 0 Å². The van der Waals surface area contributed by atoms with E-state index in [2.05, 4.69) is 5.32 Å². The Balaban J connectivity index is 4.00. The molecular weight excluding hydrogens is 203 g/mol. The minimum Gasteiger partial charge on any atom is -0.309 e. The Morgan fingerprint density at radius 1 is 1.31 bits per heavy atom. The summed E-state index contributed by atoms with van der Waals surface area (Å²) in [5, 5.41) is 1.78. The summed E-state index contributed by atoms with van der Waals surface area (Å²) in [7, 11) is 0. The van der Waals surface area contributed by atoms with Crippen molar-refractivity contribution < 1.29 is 13.2 Å². The van der Waals surface area contributed by atoms with Crippen molar-refractivity contribution in [3.05, 3.63) is 11.1 Å². The van der Waals surface area contributed by atoms with E-state index in [0.717, 1.165) is 6.08 Å². The molecule has 0 unspecified atom stereocenters. The molecule has 0 radical (unpaired) electrons. The van der Waals surface area contributed by atoms with E-state index in [1.807, 2.05) is 20.8 Å². The third kappa shape index (κ3) is 6.90. The van der Waals surface area contributed by atoms with Gasteiger partial charge in [-0.05, 0) is 26.8 Å². The van der Waals surface area contributed by atoms with E-state index >= 15 is 0 Å². The lowest BCUT2D eigenvalue weighted by molar-refractivity contribution is -0.0847. The molecular formula is C8H13ClF3N. The van der Waals surface area contributed by atoms with Crippen LogP contribution >= 0.6 is 11.6 Å². The van der Waals surface area contributed by atoms with E-state index in [1.54, 1.807) is 0 Å². The van der Waals surface area contributed by atoms with Crippen molar-refractivity contribution >= 4 is 11.6 Å². The zero-order valence-corrected chi connectivity index (χ0v) is 8.55. The number of nitrogens with one attached hydrogen (secondary N) is 1. The molecule has 0 bridgehead atoms. The van der Waals surface area contributed by atoms with Crippen molar-refractivity contribution in [1.29, 1.82) is 0 Å². The molecule has 0 heterocycles. The lowest BCUT2D eigenvalue weighted by Gasteiger charge is -2.19. The zero-order valence-electron chi connectivity index (χ0n) is 7.80. The lowest BCUT2D eigenvalue weighted by Crippen LogP contribution is -2.36. The first-order chi connectivity index (χ1) is 5.63. The van der Waals surface area contributed by atoms with Gasteiger partial charge in [-0.25, -0.2) is 0 Å². The number of alkyl halides is 3. The molecule has 0 aromatic heterocycles. The van der Waals surface area contributed by atoms with Crippen LogP contribution < -0.4 is 5.32 Å². The average Bonchev–Trinajstić information content (AvgIpc) is 1.82. The van der Waals surface area contributed by atoms with Gasteiger partial charge in [0.05, 0.1) is 0 Å². The molecule has 0 aromatic rings. The molecule has 0 saturated heterocycles. The molecule has 1 nitrogen and oxygen atoms in total. The number of hydrogen-bond donors (Lipinski definition) is 1. The van der Waals surface area contributed by atoms with Crippen molar-refractivity contribution in [3.63, 3.8) is 0 Å². The molecule has 0 aromatic carbocycles. The molecule has 0 fully saturated rings. The maximum absolute atomic E-state index is 11.8. The van der Waals surface area contributed by atoms with Crippen LogP contribution in [-0.4, -0.2) is 18.3 Å². The highest BCUT2D eigenvalue weighted by Gasteiger charge is 2.31. The van der Waals surface area contributed by atoms with E-state index in [4.69, 9.17) is 11.6 Å². The summed E-state index contributed by atoms with van der Waals surface area (Å²) < 4.78 is 35.5. The predicted molar refractivity (Wildman–Crippen MR) is 47.7 cm³/mol. The van der Waals surface area contributed by atoms with Gasteiger partial charge in [0.1, 0.15) is 5.03 Å². The predicted octanol–water partition coefficient (Wildman–Crippen LogP) is 3.06. The van der Waals surface area contributed by atoms with Gasteiger partial charge in [0.15, 0.2) is 0 Å². The molecule has 0 spiro atoms. The average molecular weight is 216 g/mol. The smallest absolute Gasteiger partial charge is 0.309 e. The maximum Gasteiger partial charge on any atom is 0.426 e. The third-order valence-electron chi connectivity index (χ3n) is 1.18. The van der Waals surface area contributed by atoms with Crippen LogP contribution in [0.25, 0.3) is 0 Å². The highest BCUT2D eigenvalue weighted by atomic mass is 35.5. The van der Waals surface area contributed by atoms with Gasteiger partial charge in [-0.3, -0.25) is 0 Å². The van der Waals surface area contributed by atoms with Gasteiger partial charge in [0.25, 0.3) is 0 Å². The van der Waals surface area contributed by atoms with Crippen molar-refractivity contribution in [3.8, 4) is 0 Å². The van der Waals surface area contributed by atoms with Gasteiger partial charge in [-0.15, -0.1) is 0 Å². The van der Waals surface area contributed by atoms with Gasteiger partial charge in [-0.1, -0.05) is 11.6 Å². The Labute approximate surface area is 81.0 Å². The van der Waals surface area contributed by atoms with Crippen LogP contribution in [0.1, 0.15) is 20.8 Å². The fourth-order valence-electron chi connectivity index (χ4n) is 0.563. The Morgan fingerprint density at radius 2 is 1.77 bits per heavy atom. The van der Waals surface area contributed by atoms with Crippen LogP contribution in [0, 0.1) is 0 Å². The van der Waals surface area contributed by atoms with E-state index < -0.39 is 11.2 Å². The Bertz CT molecular complexity index is 191. The monoisotopic (exact) mass is 215 g/mol. The largest absolute Gasteiger partial charge is 0.426 e. The van der Waals surface area contributed by atoms with E-state index in [0.29, 0.717) is 0 Å². The zero-order chi connectivity index (χ0) is 10.7. The van der Waals surface area contributed by atoms with Crippen molar-refractivity contribution in [2.45, 2.75) is 32.5 Å². The van der Waals surface area contributed by atoms with Crippen LogP contribution in [0.5, 0.6) is 0 Å². The summed E-state index contributed by atoms with van der Waals surface area (Å²) >= 11 is 4.98. The molecule has 0 atom stereocenters. The molecule has 5 heteroatoms. The van der Waals surface area contributed by atoms with Gasteiger partial charge in [0.2, 0.25) is 0 Å². The molecule has 0 aliphatic rings. The normalized spacial score (nSPS) is 14.8. The van der Waals surface area contributed by atoms with E-state index in [-0.39, 0.29) is 12.1 Å². The van der Waals surface area contributed by atoms with Gasteiger partial charge < -0.3 is 5.32 Å². The second-order valence-electron chi connectivity index (χ2n) is 3.68. The summed E-state index contributed by atoms with van der Waals surface area (Å²) in [5.41, 5.74) is -0.209. The molecule has 13 heavy (non-hydrogen) atoms. The van der Waals surface area contributed by atoms with Crippen LogP contribution in [0.4, 0.5) is 13.2 Å². The number of hydrogen-bond acceptors (Lipinski definition) is 1. The van der Waals surface area contributed by atoms with Crippen LogP contribution in [0.15, 0.2) is 11.1 Å². The fourth-order valence-corrected chi connectivity index (χ4v) is 0.640. The number of allylic oxidation sites excluding steroid dienone is 1. The lowest BCUT2D eigenvalue weighted by atomic mass is 10.1. The standard InChI is InChI=1S/C8H13ClF3N/c1-7(2,3)13-5-4-6(9)8(10,11)12/h4,13H,5H2,1-3H3/b6-4+. The summed E-state index contributed by atoms with van der Waals surface area (Å²) in [6.07, 6.45) is -3.51. The SMILES string of the molecule is CC(C)(C)NC/C=C(/Cl)C(F)(F)F. The number of halogens is 4. The van der Waals surface area contributed by atoms with Crippen LogP contribution in [0.2, 0.25) is 0 Å². The van der Waals surface area contributed by atoms with E-state index in [1.165, 1.54) is 0 Å². The van der Waals surface area contributed by atoms with Gasteiger partial charge >= 0.3 is 6.18 Å². The van der Waals surface area contributed by atoms with E-state index in [9.17, 15) is 13.2 Å². The minimum atomic E-state index is -4.43. The molecule has 0 saturated carbocycles. The quantitative estimate of drug-likeness (QED) is 0.747. The van der Waals surface area contributed by atoms with Crippen molar-refractivity contribution in [2.75, 3.05) is 6.54 Å². The minimum absolute atomic E-state index is 0.113. The Morgan fingerprint density at radius 3 is 2.08 bits per heavy atom. The first-order valence-corrected chi connectivity index (χ1v) is 4.18. The summed E-state index contributed by atoms with van der Waals surface area (Å²) in [4.78, 5) is 0. The molecule has 0 aliphatic heterocycles. The highest BCUT2D eigenvalue weighted by molar-refractivity contribution is 6.30. The molecule has 0 amide bonds. The topological polar surface area (TPSA) is 12.0 Å². The summed E-state index contributed by atoms with van der Waals surface area (Å²) in [6, 6.07) is 0. The molecule has 78 valence electrons. The molecule has 1 N–H and O–H groups in total.